The van der Waals surface area contributed by atoms with Crippen molar-refractivity contribution in [2.24, 2.45) is 4.99 Å². The van der Waals surface area contributed by atoms with Gasteiger partial charge in [-0.1, -0.05) is 17.4 Å². The molecule has 0 aromatic carbocycles. The fourth-order valence-corrected chi connectivity index (χ4v) is 4.86. The van der Waals surface area contributed by atoms with E-state index in [0.29, 0.717) is 26.4 Å². The first kappa shape index (κ1) is 17.7. The predicted octanol–water partition coefficient (Wildman–Crippen LogP) is 2.45. The zero-order valence-corrected chi connectivity index (χ0v) is 16.3. The highest BCUT2D eigenvalue weighted by Crippen LogP contribution is 2.33. The molecule has 3 aromatic rings. The molecule has 1 unspecified atom stereocenters. The summed E-state index contributed by atoms with van der Waals surface area (Å²) in [6, 6.07) is 6.82. The summed E-state index contributed by atoms with van der Waals surface area (Å²) in [6.07, 6.45) is 3.25. The molecule has 0 N–H and O–H groups in total. The van der Waals surface area contributed by atoms with Gasteiger partial charge in [0, 0.05) is 11.0 Å². The van der Waals surface area contributed by atoms with Crippen LogP contribution < -0.4 is 14.9 Å². The zero-order valence-electron chi connectivity index (χ0n) is 14.7. The number of ether oxygens (including phenoxy) is 1. The van der Waals surface area contributed by atoms with Crippen LogP contribution in [0.3, 0.4) is 0 Å². The molecule has 1 atom stereocenters. The van der Waals surface area contributed by atoms with E-state index >= 15 is 0 Å². The van der Waals surface area contributed by atoms with Crippen LogP contribution >= 0.6 is 22.7 Å². The molecule has 3 aromatic heterocycles. The molecule has 6 nitrogen and oxygen atoms in total. The van der Waals surface area contributed by atoms with Gasteiger partial charge < -0.3 is 9.15 Å². The summed E-state index contributed by atoms with van der Waals surface area (Å²) in [4.78, 5) is 31.7. The number of hydrogen-bond acceptors (Lipinski definition) is 7. The lowest BCUT2D eigenvalue weighted by molar-refractivity contribution is -0.139. The molecule has 1 aliphatic heterocycles. The number of hydrogen-bond donors (Lipinski definition) is 0. The lowest BCUT2D eigenvalue weighted by Gasteiger charge is -2.23. The Hall–Kier alpha value is -2.71. The highest BCUT2D eigenvalue weighted by molar-refractivity contribution is 7.10. The predicted molar refractivity (Wildman–Crippen MR) is 103 cm³/mol. The minimum absolute atomic E-state index is 0.206. The van der Waals surface area contributed by atoms with Crippen LogP contribution in [0.1, 0.15) is 30.5 Å². The van der Waals surface area contributed by atoms with Crippen molar-refractivity contribution in [1.82, 2.24) is 4.57 Å². The quantitative estimate of drug-likeness (QED) is 0.631. The molecule has 4 heterocycles. The first-order valence-corrected chi connectivity index (χ1v) is 10.1. The van der Waals surface area contributed by atoms with Gasteiger partial charge >= 0.3 is 5.97 Å². The number of carbonyl (C=O) groups is 1. The molecule has 138 valence electrons. The standard InChI is InChI=1S/C19H16N2O4S2/c1-3-24-18(23)15-11(2)20-19-21(16(15)13-7-5-9-26-13)17(22)14(27-19)10-12-6-4-8-25-12/h4-10,16H,3H2,1-2H3/b14-10-. The van der Waals surface area contributed by atoms with Crippen molar-refractivity contribution >= 4 is 34.7 Å². The maximum atomic E-state index is 13.1. The van der Waals surface area contributed by atoms with E-state index in [2.05, 4.69) is 4.99 Å². The zero-order chi connectivity index (χ0) is 19.0. The Morgan fingerprint density at radius 2 is 2.26 bits per heavy atom. The van der Waals surface area contributed by atoms with Gasteiger partial charge in [0.25, 0.3) is 5.56 Å². The molecule has 0 saturated carbocycles. The fraction of sp³-hybridized carbons (Fsp3) is 0.211. The number of carbonyl (C=O) groups excluding carboxylic acids is 1. The molecular weight excluding hydrogens is 384 g/mol. The van der Waals surface area contributed by atoms with Gasteiger partial charge in [0.2, 0.25) is 0 Å². The molecule has 8 heteroatoms. The number of esters is 1. The Morgan fingerprint density at radius 3 is 2.93 bits per heavy atom. The first-order chi connectivity index (χ1) is 13.1. The molecule has 0 fully saturated rings. The van der Waals surface area contributed by atoms with Crippen molar-refractivity contribution in [3.63, 3.8) is 0 Å². The number of fused-ring (bicyclic) bond motifs is 1. The van der Waals surface area contributed by atoms with E-state index in [9.17, 15) is 9.59 Å². The Labute approximate surface area is 162 Å². The summed E-state index contributed by atoms with van der Waals surface area (Å²) in [5.74, 6) is 0.145. The minimum atomic E-state index is -0.543. The molecule has 4 rings (SSSR count). The Morgan fingerprint density at radius 1 is 1.41 bits per heavy atom. The average Bonchev–Trinajstić information content (AvgIpc) is 3.38. The van der Waals surface area contributed by atoms with Crippen LogP contribution in [0, 0.1) is 0 Å². The van der Waals surface area contributed by atoms with Crippen LogP contribution in [0.5, 0.6) is 0 Å². The van der Waals surface area contributed by atoms with Gasteiger partial charge in [-0.3, -0.25) is 9.36 Å². The number of aromatic nitrogens is 1. The van der Waals surface area contributed by atoms with Crippen molar-refractivity contribution in [2.75, 3.05) is 6.61 Å². The van der Waals surface area contributed by atoms with E-state index < -0.39 is 12.0 Å². The van der Waals surface area contributed by atoms with E-state index in [1.54, 1.807) is 42.9 Å². The SMILES string of the molecule is CCOC(=O)C1=C(C)N=c2s/c(=C\c3ccco3)c(=O)n2C1c1cccs1. The van der Waals surface area contributed by atoms with E-state index in [-0.39, 0.29) is 12.2 Å². The van der Waals surface area contributed by atoms with Crippen molar-refractivity contribution in [3.05, 3.63) is 77.5 Å². The molecule has 0 bridgehead atoms. The second-order valence-corrected chi connectivity index (χ2v) is 7.82. The van der Waals surface area contributed by atoms with Gasteiger partial charge in [0.1, 0.15) is 11.8 Å². The third kappa shape index (κ3) is 3.11. The highest BCUT2D eigenvalue weighted by Gasteiger charge is 2.33. The van der Waals surface area contributed by atoms with E-state index in [4.69, 9.17) is 9.15 Å². The van der Waals surface area contributed by atoms with Crippen molar-refractivity contribution in [1.29, 1.82) is 0 Å². The molecular formula is C19H16N2O4S2. The molecule has 0 radical (unpaired) electrons. The second-order valence-electron chi connectivity index (χ2n) is 5.83. The maximum Gasteiger partial charge on any atom is 0.338 e. The van der Waals surface area contributed by atoms with Gasteiger partial charge in [-0.15, -0.1) is 11.3 Å². The summed E-state index contributed by atoms with van der Waals surface area (Å²) >= 11 is 2.77. The van der Waals surface area contributed by atoms with Gasteiger partial charge in [-0.05, 0) is 37.4 Å². The van der Waals surface area contributed by atoms with Gasteiger partial charge in [-0.2, -0.15) is 0 Å². The molecule has 1 aliphatic rings. The van der Waals surface area contributed by atoms with Gasteiger partial charge in [0.05, 0.1) is 28.7 Å². The Balaban J connectivity index is 1.96. The van der Waals surface area contributed by atoms with E-state index in [1.807, 2.05) is 17.5 Å². The van der Waals surface area contributed by atoms with Crippen molar-refractivity contribution < 1.29 is 13.9 Å². The van der Waals surface area contributed by atoms with Crippen molar-refractivity contribution in [3.8, 4) is 0 Å². The molecule has 0 spiro atoms. The topological polar surface area (TPSA) is 73.8 Å². The van der Waals surface area contributed by atoms with Crippen LogP contribution in [0.15, 0.2) is 61.4 Å². The Bertz CT molecular complexity index is 1180. The highest BCUT2D eigenvalue weighted by atomic mass is 32.1. The number of nitrogens with zero attached hydrogens (tertiary/aromatic N) is 2. The van der Waals surface area contributed by atoms with Crippen LogP contribution in [0.2, 0.25) is 0 Å². The number of thiophene rings is 1. The summed E-state index contributed by atoms with van der Waals surface area (Å²) in [7, 11) is 0. The van der Waals surface area contributed by atoms with Crippen molar-refractivity contribution in [2.45, 2.75) is 19.9 Å². The first-order valence-electron chi connectivity index (χ1n) is 8.36. The number of allylic oxidation sites excluding steroid dienone is 1. The van der Waals surface area contributed by atoms with E-state index in [1.165, 1.54) is 22.7 Å². The number of furan rings is 1. The Kier molecular flexibility index (Phi) is 4.67. The van der Waals surface area contributed by atoms with Gasteiger partial charge in [0.15, 0.2) is 4.80 Å². The molecule has 27 heavy (non-hydrogen) atoms. The monoisotopic (exact) mass is 400 g/mol. The van der Waals surface area contributed by atoms with Crippen LogP contribution in [0.4, 0.5) is 0 Å². The fourth-order valence-electron chi connectivity index (χ4n) is 3.01. The summed E-state index contributed by atoms with van der Waals surface area (Å²) in [5, 5.41) is 1.92. The number of rotatable bonds is 4. The minimum Gasteiger partial charge on any atom is -0.465 e. The number of thiazole rings is 1. The lowest BCUT2D eigenvalue weighted by Crippen LogP contribution is -2.39. The second kappa shape index (κ2) is 7.13. The smallest absolute Gasteiger partial charge is 0.338 e. The van der Waals surface area contributed by atoms with Crippen LogP contribution in [-0.2, 0) is 9.53 Å². The molecule has 0 amide bonds. The molecule has 0 saturated heterocycles. The van der Waals surface area contributed by atoms with E-state index in [0.717, 1.165) is 4.88 Å². The maximum absolute atomic E-state index is 13.1. The summed E-state index contributed by atoms with van der Waals surface area (Å²) in [6.45, 7) is 3.79. The largest absolute Gasteiger partial charge is 0.465 e. The third-order valence-corrected chi connectivity index (χ3v) is 6.05. The van der Waals surface area contributed by atoms with Gasteiger partial charge in [-0.25, -0.2) is 9.79 Å². The lowest BCUT2D eigenvalue weighted by atomic mass is 10.0. The molecule has 0 aliphatic carbocycles. The van der Waals surface area contributed by atoms with Crippen LogP contribution in [-0.4, -0.2) is 17.1 Å². The van der Waals surface area contributed by atoms with Crippen LogP contribution in [0.25, 0.3) is 6.08 Å². The third-order valence-electron chi connectivity index (χ3n) is 4.15. The summed E-state index contributed by atoms with van der Waals surface area (Å²) < 4.78 is 12.6. The normalized spacial score (nSPS) is 17.0. The summed E-state index contributed by atoms with van der Waals surface area (Å²) in [5.41, 5.74) is 0.761. The average molecular weight is 400 g/mol.